The summed E-state index contributed by atoms with van der Waals surface area (Å²) in [6.07, 6.45) is 1.01. The number of halogens is 1. The zero-order valence-corrected chi connectivity index (χ0v) is 11.1. The van der Waals surface area contributed by atoms with Crippen LogP contribution in [0.1, 0.15) is 13.8 Å². The minimum Gasteiger partial charge on any atom is -0.259 e. The van der Waals surface area contributed by atoms with Crippen molar-refractivity contribution >= 4 is 23.4 Å². The Hall–Kier alpha value is -1.26. The van der Waals surface area contributed by atoms with Gasteiger partial charge in [-0.05, 0) is 49.1 Å². The molecule has 1 rings (SSSR count). The van der Waals surface area contributed by atoms with Crippen LogP contribution in [0.15, 0.2) is 51.9 Å². The second kappa shape index (κ2) is 6.47. The van der Waals surface area contributed by atoms with Crippen molar-refractivity contribution in [3.8, 4) is 0 Å². The Morgan fingerprint density at radius 3 is 2.41 bits per heavy atom. The van der Waals surface area contributed by atoms with E-state index in [1.807, 2.05) is 36.6 Å². The summed E-state index contributed by atoms with van der Waals surface area (Å²) < 4.78 is 0. The third kappa shape index (κ3) is 5.06. The van der Waals surface area contributed by atoms with Crippen LogP contribution in [0.4, 0.5) is 0 Å². The van der Waals surface area contributed by atoms with Gasteiger partial charge >= 0.3 is 0 Å². The summed E-state index contributed by atoms with van der Waals surface area (Å²) in [5, 5.41) is 12.9. The van der Waals surface area contributed by atoms with E-state index in [0.717, 1.165) is 16.7 Å². The molecule has 0 saturated heterocycles. The summed E-state index contributed by atoms with van der Waals surface area (Å²) in [5.74, 6) is 0. The standard InChI is InChI=1S/C12H12ClNO2S/c1-9(7-14(15)16)10(2)8-17-12-5-3-11(13)4-6-12/h3-8H,1-2H3. The molecule has 17 heavy (non-hydrogen) atoms. The summed E-state index contributed by atoms with van der Waals surface area (Å²) in [4.78, 5) is 10.9. The van der Waals surface area contributed by atoms with E-state index in [9.17, 15) is 10.1 Å². The molecule has 0 unspecified atom stereocenters. The molecule has 0 fully saturated rings. The van der Waals surface area contributed by atoms with E-state index in [1.165, 1.54) is 11.8 Å². The largest absolute Gasteiger partial charge is 0.259 e. The van der Waals surface area contributed by atoms with Crippen molar-refractivity contribution < 1.29 is 4.92 Å². The van der Waals surface area contributed by atoms with E-state index in [-0.39, 0.29) is 0 Å². The number of thioether (sulfide) groups is 1. The smallest absolute Gasteiger partial charge is 0.237 e. The van der Waals surface area contributed by atoms with Crippen LogP contribution < -0.4 is 0 Å². The summed E-state index contributed by atoms with van der Waals surface area (Å²) >= 11 is 7.28. The highest BCUT2D eigenvalue weighted by molar-refractivity contribution is 8.02. The summed E-state index contributed by atoms with van der Waals surface area (Å²) in [7, 11) is 0. The Kier molecular flexibility index (Phi) is 5.25. The fourth-order valence-electron chi connectivity index (χ4n) is 1.02. The van der Waals surface area contributed by atoms with Crippen LogP contribution in [0.2, 0.25) is 5.02 Å². The van der Waals surface area contributed by atoms with Gasteiger partial charge in [-0.1, -0.05) is 23.4 Å². The zero-order valence-electron chi connectivity index (χ0n) is 9.51. The van der Waals surface area contributed by atoms with Gasteiger partial charge in [-0.15, -0.1) is 0 Å². The lowest BCUT2D eigenvalue weighted by molar-refractivity contribution is -0.403. The van der Waals surface area contributed by atoms with Gasteiger partial charge in [0, 0.05) is 15.5 Å². The highest BCUT2D eigenvalue weighted by Crippen LogP contribution is 2.24. The quantitative estimate of drug-likeness (QED) is 0.349. The fraction of sp³-hybridized carbons (Fsp3) is 0.167. The summed E-state index contributed by atoms with van der Waals surface area (Å²) in [5.41, 5.74) is 1.53. The normalized spacial score (nSPS) is 12.6. The second-order valence-corrected chi connectivity index (χ2v) is 4.85. The third-order valence-corrected chi connectivity index (χ3v) is 3.37. The molecule has 0 aliphatic carbocycles. The predicted molar refractivity (Wildman–Crippen MR) is 71.8 cm³/mol. The molecule has 0 saturated carbocycles. The minimum atomic E-state index is -0.445. The number of hydrogen-bond acceptors (Lipinski definition) is 3. The number of hydrogen-bond donors (Lipinski definition) is 0. The highest BCUT2D eigenvalue weighted by atomic mass is 35.5. The molecular weight excluding hydrogens is 258 g/mol. The van der Waals surface area contributed by atoms with E-state index in [0.29, 0.717) is 10.6 Å². The SMILES string of the molecule is CC(=CSc1ccc(Cl)cc1)C(C)=C[N+](=O)[O-]. The van der Waals surface area contributed by atoms with E-state index < -0.39 is 4.92 Å². The van der Waals surface area contributed by atoms with Crippen molar-refractivity contribution in [2.24, 2.45) is 0 Å². The highest BCUT2D eigenvalue weighted by Gasteiger charge is 1.99. The average Bonchev–Trinajstić information content (AvgIpc) is 2.27. The molecule has 3 nitrogen and oxygen atoms in total. The van der Waals surface area contributed by atoms with Crippen molar-refractivity contribution in [1.82, 2.24) is 0 Å². The van der Waals surface area contributed by atoms with E-state index in [4.69, 9.17) is 11.6 Å². The van der Waals surface area contributed by atoms with Crippen molar-refractivity contribution in [2.75, 3.05) is 0 Å². The first kappa shape index (κ1) is 13.8. The van der Waals surface area contributed by atoms with Gasteiger partial charge < -0.3 is 0 Å². The molecule has 1 aromatic rings. The van der Waals surface area contributed by atoms with Gasteiger partial charge in [0.25, 0.3) is 0 Å². The Labute approximate surface area is 109 Å². The van der Waals surface area contributed by atoms with Crippen molar-refractivity contribution in [2.45, 2.75) is 18.7 Å². The molecular formula is C12H12ClNO2S. The Balaban J connectivity index is 2.71. The maximum Gasteiger partial charge on any atom is 0.237 e. The van der Waals surface area contributed by atoms with Crippen molar-refractivity contribution in [3.05, 3.63) is 62.2 Å². The summed E-state index contributed by atoms with van der Waals surface area (Å²) in [6.45, 7) is 3.56. The van der Waals surface area contributed by atoms with Crippen molar-refractivity contribution in [1.29, 1.82) is 0 Å². The van der Waals surface area contributed by atoms with E-state index in [2.05, 4.69) is 0 Å². The molecule has 0 spiro atoms. The first-order valence-electron chi connectivity index (χ1n) is 4.90. The molecule has 0 aliphatic rings. The lowest BCUT2D eigenvalue weighted by Gasteiger charge is -1.99. The molecule has 0 atom stereocenters. The topological polar surface area (TPSA) is 43.1 Å². The zero-order chi connectivity index (χ0) is 12.8. The molecule has 5 heteroatoms. The maximum atomic E-state index is 10.3. The molecule has 0 radical (unpaired) electrons. The van der Waals surface area contributed by atoms with Gasteiger partial charge in [0.2, 0.25) is 6.20 Å². The number of nitrogens with zero attached hydrogens (tertiary/aromatic N) is 1. The number of nitro groups is 1. The van der Waals surface area contributed by atoms with Gasteiger partial charge in [0.05, 0.1) is 4.92 Å². The Morgan fingerprint density at radius 1 is 1.29 bits per heavy atom. The maximum absolute atomic E-state index is 10.3. The van der Waals surface area contributed by atoms with Crippen LogP contribution >= 0.6 is 23.4 Å². The van der Waals surface area contributed by atoms with Crippen LogP contribution in [0.5, 0.6) is 0 Å². The van der Waals surface area contributed by atoms with E-state index >= 15 is 0 Å². The summed E-state index contributed by atoms with van der Waals surface area (Å²) in [6, 6.07) is 7.44. The molecule has 0 N–H and O–H groups in total. The average molecular weight is 270 g/mol. The Bertz CT molecular complexity index is 466. The predicted octanol–water partition coefficient (Wildman–Crippen LogP) is 4.52. The van der Waals surface area contributed by atoms with Gasteiger partial charge in [0.1, 0.15) is 0 Å². The second-order valence-electron chi connectivity index (χ2n) is 3.47. The third-order valence-electron chi connectivity index (χ3n) is 2.11. The van der Waals surface area contributed by atoms with Crippen LogP contribution in [0.3, 0.4) is 0 Å². The lowest BCUT2D eigenvalue weighted by atomic mass is 10.2. The first-order chi connectivity index (χ1) is 7.99. The van der Waals surface area contributed by atoms with Crippen LogP contribution in [0, 0.1) is 10.1 Å². The van der Waals surface area contributed by atoms with Gasteiger partial charge in [0.15, 0.2) is 0 Å². The molecule has 0 aliphatic heterocycles. The van der Waals surface area contributed by atoms with Gasteiger partial charge in [-0.3, -0.25) is 10.1 Å². The molecule has 1 aromatic carbocycles. The lowest BCUT2D eigenvalue weighted by Crippen LogP contribution is -1.88. The van der Waals surface area contributed by atoms with Crippen LogP contribution in [0.25, 0.3) is 0 Å². The fourth-order valence-corrected chi connectivity index (χ4v) is 1.94. The van der Waals surface area contributed by atoms with Crippen LogP contribution in [-0.4, -0.2) is 4.92 Å². The Morgan fingerprint density at radius 2 is 1.88 bits per heavy atom. The number of rotatable bonds is 4. The number of benzene rings is 1. The molecule has 0 amide bonds. The van der Waals surface area contributed by atoms with Gasteiger partial charge in [-0.2, -0.15) is 0 Å². The molecule has 0 aromatic heterocycles. The molecule has 90 valence electrons. The van der Waals surface area contributed by atoms with Crippen molar-refractivity contribution in [3.63, 3.8) is 0 Å². The monoisotopic (exact) mass is 269 g/mol. The van der Waals surface area contributed by atoms with E-state index in [1.54, 1.807) is 6.92 Å². The molecule has 0 heterocycles. The minimum absolute atomic E-state index is 0.445. The van der Waals surface area contributed by atoms with Gasteiger partial charge in [-0.25, -0.2) is 0 Å². The van der Waals surface area contributed by atoms with Crippen LogP contribution in [-0.2, 0) is 0 Å². The first-order valence-corrected chi connectivity index (χ1v) is 6.16. The molecule has 0 bridgehead atoms. The number of allylic oxidation sites excluding steroid dienone is 2.